The van der Waals surface area contributed by atoms with Crippen molar-refractivity contribution < 1.29 is 22.4 Å². The summed E-state index contributed by atoms with van der Waals surface area (Å²) in [5, 5.41) is 14.4. The van der Waals surface area contributed by atoms with Gasteiger partial charge < -0.3 is 9.15 Å². The predicted molar refractivity (Wildman–Crippen MR) is 109 cm³/mol. The first-order chi connectivity index (χ1) is 14.3. The molecule has 2 heterocycles. The Morgan fingerprint density at radius 1 is 1.20 bits per heavy atom. The summed E-state index contributed by atoms with van der Waals surface area (Å²) in [6.07, 6.45) is 1.78. The summed E-state index contributed by atoms with van der Waals surface area (Å²) < 4.78 is 37.0. The van der Waals surface area contributed by atoms with Gasteiger partial charge in [0.15, 0.2) is 9.84 Å². The zero-order valence-electron chi connectivity index (χ0n) is 16.9. The largest absolute Gasteiger partial charge is 0.497 e. The molecular formula is C19H23N5O5S. The highest BCUT2D eigenvalue weighted by molar-refractivity contribution is 7.91. The molecule has 0 aliphatic heterocycles. The molecule has 1 aromatic carbocycles. The lowest BCUT2D eigenvalue weighted by Gasteiger charge is -2.07. The third-order valence-corrected chi connectivity index (χ3v) is 6.10. The molecule has 0 fully saturated rings. The van der Waals surface area contributed by atoms with E-state index in [1.165, 1.54) is 19.2 Å². The van der Waals surface area contributed by atoms with E-state index < -0.39 is 15.7 Å². The van der Waals surface area contributed by atoms with E-state index in [0.717, 1.165) is 0 Å². The van der Waals surface area contributed by atoms with Crippen LogP contribution in [-0.4, -0.2) is 47.2 Å². The van der Waals surface area contributed by atoms with E-state index in [2.05, 4.69) is 20.6 Å². The first-order valence-electron chi connectivity index (χ1n) is 9.34. The van der Waals surface area contributed by atoms with Crippen LogP contribution in [0.2, 0.25) is 0 Å². The minimum atomic E-state index is -3.49. The van der Waals surface area contributed by atoms with Gasteiger partial charge in [-0.05, 0) is 50.6 Å². The highest BCUT2D eigenvalue weighted by Crippen LogP contribution is 2.22. The second kappa shape index (κ2) is 9.08. The van der Waals surface area contributed by atoms with Gasteiger partial charge in [0.05, 0.1) is 17.8 Å². The fourth-order valence-corrected chi connectivity index (χ4v) is 4.09. The molecule has 0 aliphatic carbocycles. The molecule has 160 valence electrons. The van der Waals surface area contributed by atoms with Gasteiger partial charge in [-0.25, -0.2) is 8.42 Å². The third kappa shape index (κ3) is 5.03. The predicted octanol–water partition coefficient (Wildman–Crippen LogP) is 2.72. The van der Waals surface area contributed by atoms with Gasteiger partial charge in [0.25, 0.3) is 5.89 Å². The molecule has 3 aromatic rings. The van der Waals surface area contributed by atoms with Crippen molar-refractivity contribution in [2.45, 2.75) is 37.6 Å². The van der Waals surface area contributed by atoms with Gasteiger partial charge in [-0.3, -0.25) is 14.8 Å². The van der Waals surface area contributed by atoms with Gasteiger partial charge in [-0.15, -0.1) is 5.10 Å². The van der Waals surface area contributed by atoms with Crippen LogP contribution in [0.1, 0.15) is 32.7 Å². The Hall–Kier alpha value is -3.21. The lowest BCUT2D eigenvalue weighted by atomic mass is 10.3. The molecule has 0 spiro atoms. The van der Waals surface area contributed by atoms with Crippen LogP contribution in [-0.2, 0) is 14.6 Å². The zero-order valence-corrected chi connectivity index (χ0v) is 17.7. The smallest absolute Gasteiger partial charge is 0.322 e. The number of hydrogen-bond acceptors (Lipinski definition) is 8. The number of rotatable bonds is 9. The van der Waals surface area contributed by atoms with Crippen LogP contribution in [0.5, 0.6) is 5.75 Å². The lowest BCUT2D eigenvalue weighted by molar-refractivity contribution is -0.116. The van der Waals surface area contributed by atoms with Gasteiger partial charge in [-0.1, -0.05) is 5.10 Å². The van der Waals surface area contributed by atoms with Crippen molar-refractivity contribution in [2.24, 2.45) is 0 Å². The Morgan fingerprint density at radius 2 is 1.93 bits per heavy atom. The van der Waals surface area contributed by atoms with Crippen molar-refractivity contribution in [2.75, 3.05) is 18.2 Å². The van der Waals surface area contributed by atoms with Crippen LogP contribution in [0.25, 0.3) is 11.6 Å². The molecular weight excluding hydrogens is 410 g/mol. The summed E-state index contributed by atoms with van der Waals surface area (Å²) in [7, 11) is -1.98. The second-order valence-electron chi connectivity index (χ2n) is 6.81. The lowest BCUT2D eigenvalue weighted by Crippen LogP contribution is -2.14. The average molecular weight is 433 g/mol. The molecule has 3 rings (SSSR count). The molecule has 10 nitrogen and oxygen atoms in total. The molecule has 0 atom stereocenters. The number of hydrogen-bond donors (Lipinski definition) is 1. The summed E-state index contributed by atoms with van der Waals surface area (Å²) in [6, 6.07) is 7.92. The van der Waals surface area contributed by atoms with Crippen molar-refractivity contribution in [1.29, 1.82) is 0 Å². The molecule has 11 heteroatoms. The van der Waals surface area contributed by atoms with Crippen molar-refractivity contribution in [1.82, 2.24) is 20.0 Å². The monoisotopic (exact) mass is 433 g/mol. The van der Waals surface area contributed by atoms with Crippen molar-refractivity contribution >= 4 is 21.8 Å². The summed E-state index contributed by atoms with van der Waals surface area (Å²) in [5.41, 5.74) is 0.642. The number of methoxy groups -OCH3 is 1. The van der Waals surface area contributed by atoms with Gasteiger partial charge >= 0.3 is 6.01 Å². The molecule has 0 bridgehead atoms. The van der Waals surface area contributed by atoms with Crippen LogP contribution in [0.15, 0.2) is 45.8 Å². The molecule has 0 saturated carbocycles. The van der Waals surface area contributed by atoms with Gasteiger partial charge in [0.1, 0.15) is 11.4 Å². The summed E-state index contributed by atoms with van der Waals surface area (Å²) >= 11 is 0. The Balaban J connectivity index is 1.54. The number of sulfone groups is 1. The molecule has 0 saturated heterocycles. The minimum absolute atomic E-state index is 0.00295. The normalized spacial score (nSPS) is 11.6. The highest BCUT2D eigenvalue weighted by Gasteiger charge is 2.18. The fourth-order valence-electron chi connectivity index (χ4n) is 2.78. The van der Waals surface area contributed by atoms with Crippen LogP contribution in [0.4, 0.5) is 6.01 Å². The van der Waals surface area contributed by atoms with Gasteiger partial charge in [-0.2, -0.15) is 5.10 Å². The number of carbonyl (C=O) groups excluding carboxylic acids is 1. The number of nitrogens with one attached hydrogen (secondary N) is 1. The van der Waals surface area contributed by atoms with Crippen LogP contribution < -0.4 is 10.1 Å². The summed E-state index contributed by atoms with van der Waals surface area (Å²) in [5.74, 6) is 0.241. The van der Waals surface area contributed by atoms with Crippen molar-refractivity contribution in [3.63, 3.8) is 0 Å². The molecule has 30 heavy (non-hydrogen) atoms. The van der Waals surface area contributed by atoms with E-state index in [-0.39, 0.29) is 41.4 Å². The number of anilines is 1. The Morgan fingerprint density at radius 3 is 2.60 bits per heavy atom. The molecule has 0 unspecified atom stereocenters. The van der Waals surface area contributed by atoms with E-state index in [9.17, 15) is 13.2 Å². The Bertz CT molecular complexity index is 1100. The second-order valence-corrected chi connectivity index (χ2v) is 8.92. The van der Waals surface area contributed by atoms with E-state index in [4.69, 9.17) is 9.15 Å². The summed E-state index contributed by atoms with van der Waals surface area (Å²) in [4.78, 5) is 12.3. The standard InChI is InChI=1S/C19H23N5O5S/c1-13(2)24-16(10-11-20-24)18-22-23-19(29-18)21-17(25)5-4-12-30(26,27)15-8-6-14(28-3)7-9-15/h6-11,13H,4-5,12H2,1-3H3,(H,21,23,25). The number of ether oxygens (including phenoxy) is 1. The van der Waals surface area contributed by atoms with Crippen molar-refractivity contribution in [3.05, 3.63) is 36.5 Å². The van der Waals surface area contributed by atoms with E-state index in [1.54, 1.807) is 29.1 Å². The molecule has 2 aromatic heterocycles. The Kier molecular flexibility index (Phi) is 6.50. The summed E-state index contributed by atoms with van der Waals surface area (Å²) in [6.45, 7) is 3.94. The quantitative estimate of drug-likeness (QED) is 0.545. The maximum absolute atomic E-state index is 12.4. The number of amides is 1. The minimum Gasteiger partial charge on any atom is -0.497 e. The average Bonchev–Trinajstić information content (AvgIpc) is 3.37. The third-order valence-electron chi connectivity index (χ3n) is 4.29. The van der Waals surface area contributed by atoms with Crippen LogP contribution in [0.3, 0.4) is 0 Å². The highest BCUT2D eigenvalue weighted by atomic mass is 32.2. The van der Waals surface area contributed by atoms with Crippen LogP contribution >= 0.6 is 0 Å². The van der Waals surface area contributed by atoms with E-state index in [0.29, 0.717) is 11.4 Å². The first-order valence-corrected chi connectivity index (χ1v) is 11.0. The van der Waals surface area contributed by atoms with Gasteiger partial charge in [0, 0.05) is 18.7 Å². The number of carbonyl (C=O) groups is 1. The number of aromatic nitrogens is 4. The van der Waals surface area contributed by atoms with Crippen LogP contribution in [0, 0.1) is 0 Å². The van der Waals surface area contributed by atoms with Gasteiger partial charge in [0.2, 0.25) is 5.91 Å². The zero-order chi connectivity index (χ0) is 21.7. The van der Waals surface area contributed by atoms with E-state index >= 15 is 0 Å². The van der Waals surface area contributed by atoms with E-state index in [1.807, 2.05) is 13.8 Å². The number of nitrogens with zero attached hydrogens (tertiary/aromatic N) is 4. The van der Waals surface area contributed by atoms with Crippen molar-refractivity contribution in [3.8, 4) is 17.3 Å². The molecule has 0 radical (unpaired) electrons. The topological polar surface area (TPSA) is 129 Å². The SMILES string of the molecule is COc1ccc(S(=O)(=O)CCCC(=O)Nc2nnc(-c3ccnn3C(C)C)o2)cc1. The Labute approximate surface area is 174 Å². The molecule has 0 aliphatic rings. The maximum Gasteiger partial charge on any atom is 0.322 e. The first kappa shape index (κ1) is 21.5. The fraction of sp³-hybridized carbons (Fsp3) is 0.368. The molecule has 1 N–H and O–H groups in total. The number of benzene rings is 1. The maximum atomic E-state index is 12.4. The molecule has 1 amide bonds.